The lowest BCUT2D eigenvalue weighted by molar-refractivity contribution is 0.517. The van der Waals surface area contributed by atoms with Gasteiger partial charge in [0.15, 0.2) is 0 Å². The summed E-state index contributed by atoms with van der Waals surface area (Å²) in [6.45, 7) is 0. The van der Waals surface area contributed by atoms with Crippen LogP contribution >= 0.6 is 0 Å². The predicted molar refractivity (Wildman–Crippen MR) is 214 cm³/mol. The first kappa shape index (κ1) is 28.9. The lowest BCUT2D eigenvalue weighted by Crippen LogP contribution is -2.35. The van der Waals surface area contributed by atoms with E-state index in [9.17, 15) is 0 Å². The van der Waals surface area contributed by atoms with Crippen molar-refractivity contribution in [3.05, 3.63) is 188 Å². The summed E-state index contributed by atoms with van der Waals surface area (Å²) in [7, 11) is 0. The van der Waals surface area contributed by atoms with Gasteiger partial charge in [-0.3, -0.25) is 0 Å². The van der Waals surface area contributed by atoms with Gasteiger partial charge < -0.3 is 9.80 Å². The Kier molecular flexibility index (Phi) is 6.80. The van der Waals surface area contributed by atoms with Gasteiger partial charge in [0, 0.05) is 45.5 Å². The van der Waals surface area contributed by atoms with E-state index in [1.165, 1.54) is 65.7 Å². The van der Waals surface area contributed by atoms with E-state index >= 15 is 0 Å². The van der Waals surface area contributed by atoms with Crippen LogP contribution in [0.1, 0.15) is 12.8 Å². The Morgan fingerprint density at radius 3 is 1.86 bits per heavy atom. The third kappa shape index (κ3) is 4.71. The first-order valence-corrected chi connectivity index (χ1v) is 17.7. The summed E-state index contributed by atoms with van der Waals surface area (Å²) in [6.07, 6.45) is 13.6. The Morgan fingerprint density at radius 2 is 1.10 bits per heavy atom. The molecule has 2 aliphatic carbocycles. The third-order valence-electron chi connectivity index (χ3n) is 10.8. The van der Waals surface area contributed by atoms with E-state index in [1.54, 1.807) is 0 Å². The van der Waals surface area contributed by atoms with Crippen LogP contribution in [0.4, 0.5) is 28.4 Å². The van der Waals surface area contributed by atoms with Gasteiger partial charge in [0.1, 0.15) is 0 Å². The van der Waals surface area contributed by atoms with Gasteiger partial charge in [-0.2, -0.15) is 0 Å². The zero-order valence-electron chi connectivity index (χ0n) is 27.8. The van der Waals surface area contributed by atoms with Crippen LogP contribution in [0.5, 0.6) is 0 Å². The van der Waals surface area contributed by atoms with Crippen molar-refractivity contribution in [3.8, 4) is 0 Å². The molecular formula is C48H36N2. The molecule has 2 nitrogen and oxygen atoms in total. The van der Waals surface area contributed by atoms with Gasteiger partial charge in [-0.25, -0.2) is 0 Å². The van der Waals surface area contributed by atoms with Crippen molar-refractivity contribution in [1.29, 1.82) is 0 Å². The maximum absolute atomic E-state index is 2.62. The SMILES string of the molecule is C1=CC2=CCC(N(c3ccccc3)c3ccc4ccc5c(N(c6ccccc6)c6ccc7ccccc7c6)ccc6ccc3c4c65)CC2C=C1. The predicted octanol–water partition coefficient (Wildman–Crippen LogP) is 13.2. The van der Waals surface area contributed by atoms with Crippen LogP contribution in [0.2, 0.25) is 0 Å². The zero-order chi connectivity index (χ0) is 33.0. The minimum absolute atomic E-state index is 0.345. The second-order valence-corrected chi connectivity index (χ2v) is 13.7. The van der Waals surface area contributed by atoms with Crippen molar-refractivity contribution in [2.24, 2.45) is 5.92 Å². The van der Waals surface area contributed by atoms with Crippen molar-refractivity contribution < 1.29 is 0 Å². The number of rotatable bonds is 6. The molecule has 10 rings (SSSR count). The van der Waals surface area contributed by atoms with E-state index in [0.717, 1.165) is 24.2 Å². The van der Waals surface area contributed by atoms with Crippen molar-refractivity contribution >= 4 is 71.5 Å². The van der Waals surface area contributed by atoms with E-state index in [1.807, 2.05) is 0 Å². The fourth-order valence-electron chi connectivity index (χ4n) is 8.54. The third-order valence-corrected chi connectivity index (χ3v) is 10.8. The number of benzene rings is 8. The molecule has 2 atom stereocenters. The summed E-state index contributed by atoms with van der Waals surface area (Å²) in [6, 6.07) is 56.2. The number of fused-ring (bicyclic) bond motifs is 2. The first-order valence-electron chi connectivity index (χ1n) is 17.7. The molecule has 0 heterocycles. The van der Waals surface area contributed by atoms with Gasteiger partial charge in [0.2, 0.25) is 0 Å². The summed E-state index contributed by atoms with van der Waals surface area (Å²) in [5.41, 5.74) is 7.44. The molecule has 0 aromatic heterocycles. The number of nitrogens with zero attached hydrogens (tertiary/aromatic N) is 2. The molecule has 0 amide bonds. The van der Waals surface area contributed by atoms with Crippen molar-refractivity contribution in [2.45, 2.75) is 18.9 Å². The van der Waals surface area contributed by atoms with Gasteiger partial charge >= 0.3 is 0 Å². The Hall–Kier alpha value is -6.12. The van der Waals surface area contributed by atoms with Gasteiger partial charge in [0.25, 0.3) is 0 Å². The van der Waals surface area contributed by atoms with E-state index in [-0.39, 0.29) is 0 Å². The molecule has 2 heteroatoms. The molecule has 50 heavy (non-hydrogen) atoms. The summed E-state index contributed by atoms with van der Waals surface area (Å²) >= 11 is 0. The lowest BCUT2D eigenvalue weighted by atomic mass is 9.81. The van der Waals surface area contributed by atoms with E-state index in [2.05, 4.69) is 192 Å². The molecule has 0 fully saturated rings. The van der Waals surface area contributed by atoms with Gasteiger partial charge in [-0.05, 0) is 99.3 Å². The molecule has 0 N–H and O–H groups in total. The monoisotopic (exact) mass is 640 g/mol. The quantitative estimate of drug-likeness (QED) is 0.167. The molecule has 238 valence electrons. The topological polar surface area (TPSA) is 6.48 Å². The number of para-hydroxylation sites is 2. The number of hydrogen-bond acceptors (Lipinski definition) is 2. The van der Waals surface area contributed by atoms with Gasteiger partial charge in [0.05, 0.1) is 5.69 Å². The second-order valence-electron chi connectivity index (χ2n) is 13.7. The maximum Gasteiger partial charge on any atom is 0.0540 e. The summed E-state index contributed by atoms with van der Waals surface area (Å²) in [5, 5.41) is 10.2. The van der Waals surface area contributed by atoms with Crippen molar-refractivity contribution in [3.63, 3.8) is 0 Å². The minimum atomic E-state index is 0.345. The molecule has 0 radical (unpaired) electrons. The van der Waals surface area contributed by atoms with E-state index < -0.39 is 0 Å². The van der Waals surface area contributed by atoms with Gasteiger partial charge in [-0.15, -0.1) is 0 Å². The van der Waals surface area contributed by atoms with Gasteiger partial charge in [-0.1, -0.05) is 134 Å². The normalized spacial score (nSPS) is 17.0. The molecule has 0 aliphatic heterocycles. The molecule has 0 saturated heterocycles. The minimum Gasteiger partial charge on any atom is -0.338 e. The highest BCUT2D eigenvalue weighted by atomic mass is 15.2. The average molecular weight is 641 g/mol. The molecule has 0 saturated carbocycles. The largest absolute Gasteiger partial charge is 0.338 e. The standard InChI is InChI=1S/C48H36N2/c1-3-15-39(16-4-1)49(41-25-19-33-11-7-9-13-37(33)31-41)45-29-23-35-22-28-44-46(30-24-36-21-27-43(45)47(35)48(36)44)50(40-17-5-2-6-18-40)42-26-20-34-12-8-10-14-38(34)32-42/h1-25,27-31,38,42H,26,32H2. The molecule has 2 aliphatic rings. The first-order chi connectivity index (χ1) is 24.8. The highest BCUT2D eigenvalue weighted by Crippen LogP contribution is 2.47. The van der Waals surface area contributed by atoms with Crippen LogP contribution in [-0.2, 0) is 0 Å². The maximum atomic E-state index is 2.62. The molecule has 0 spiro atoms. The van der Waals surface area contributed by atoms with Crippen LogP contribution in [-0.4, -0.2) is 6.04 Å². The highest BCUT2D eigenvalue weighted by molar-refractivity contribution is 6.28. The fraction of sp³-hybridized carbons (Fsp3) is 0.0833. The van der Waals surface area contributed by atoms with Crippen molar-refractivity contribution in [2.75, 3.05) is 9.80 Å². The van der Waals surface area contributed by atoms with Crippen LogP contribution in [0.15, 0.2) is 188 Å². The Labute approximate surface area is 292 Å². The summed E-state index contributed by atoms with van der Waals surface area (Å²) < 4.78 is 0. The average Bonchev–Trinajstić information content (AvgIpc) is 3.19. The molecule has 0 bridgehead atoms. The van der Waals surface area contributed by atoms with Crippen LogP contribution < -0.4 is 9.80 Å². The molecule has 2 unspecified atom stereocenters. The number of allylic oxidation sites excluding steroid dienone is 5. The number of anilines is 5. The fourth-order valence-corrected chi connectivity index (χ4v) is 8.54. The zero-order valence-corrected chi connectivity index (χ0v) is 27.8. The molecular weight excluding hydrogens is 605 g/mol. The molecule has 8 aromatic rings. The van der Waals surface area contributed by atoms with Crippen LogP contribution in [0.25, 0.3) is 43.1 Å². The van der Waals surface area contributed by atoms with Crippen LogP contribution in [0, 0.1) is 5.92 Å². The molecule has 8 aromatic carbocycles. The van der Waals surface area contributed by atoms with E-state index in [0.29, 0.717) is 12.0 Å². The van der Waals surface area contributed by atoms with Crippen molar-refractivity contribution in [1.82, 2.24) is 0 Å². The second kappa shape index (κ2) is 11.8. The smallest absolute Gasteiger partial charge is 0.0540 e. The number of hydrogen-bond donors (Lipinski definition) is 0. The Morgan fingerprint density at radius 1 is 0.480 bits per heavy atom. The van der Waals surface area contributed by atoms with Crippen LogP contribution in [0.3, 0.4) is 0 Å². The Bertz CT molecular complexity index is 2610. The van der Waals surface area contributed by atoms with E-state index in [4.69, 9.17) is 0 Å². The summed E-state index contributed by atoms with van der Waals surface area (Å²) in [5.74, 6) is 0.450. The Balaban J connectivity index is 1.19. The highest BCUT2D eigenvalue weighted by Gasteiger charge is 2.30. The lowest BCUT2D eigenvalue weighted by Gasteiger charge is -2.39. The summed E-state index contributed by atoms with van der Waals surface area (Å²) in [4.78, 5) is 5.05.